The number of halogens is 2. The highest BCUT2D eigenvalue weighted by atomic mass is 79.9. The number of carboxylic acids is 1. The van der Waals surface area contributed by atoms with E-state index in [1.807, 2.05) is 36.4 Å². The van der Waals surface area contributed by atoms with Crippen molar-refractivity contribution >= 4 is 48.8 Å². The van der Waals surface area contributed by atoms with E-state index in [1.165, 1.54) is 5.56 Å². The number of rotatable bonds is 5. The summed E-state index contributed by atoms with van der Waals surface area (Å²) >= 11 is 7.00. The average Bonchev–Trinajstić information content (AvgIpc) is 3.13. The third-order valence-corrected chi connectivity index (χ3v) is 6.08. The highest BCUT2D eigenvalue weighted by Gasteiger charge is 2.18. The van der Waals surface area contributed by atoms with E-state index in [4.69, 9.17) is 9.15 Å². The second kappa shape index (κ2) is 8.28. The maximum absolute atomic E-state index is 11.3. The molecule has 6 heteroatoms. The quantitative estimate of drug-likeness (QED) is 0.285. The number of carboxylic acid groups (broad SMARTS) is 1. The van der Waals surface area contributed by atoms with Gasteiger partial charge in [-0.25, -0.2) is 0 Å². The zero-order valence-electron chi connectivity index (χ0n) is 16.3. The lowest BCUT2D eigenvalue weighted by molar-refractivity contribution is -0.138. The van der Waals surface area contributed by atoms with E-state index in [0.717, 1.165) is 22.3 Å². The van der Waals surface area contributed by atoms with E-state index in [9.17, 15) is 9.90 Å². The highest BCUT2D eigenvalue weighted by Crippen LogP contribution is 2.40. The molecule has 0 aliphatic heterocycles. The van der Waals surface area contributed by atoms with Gasteiger partial charge in [-0.1, -0.05) is 23.8 Å². The standard InChI is InChI=1S/C24H18Br2O4/c1-13-4-3-5-15(8-13)22-12-17-9-18(6-7-21(17)30-22)29-23-19(25)10-16(11-20(23)26)14(2)24(27)28/h3-12,14H,1-2H3,(H,27,28). The minimum absolute atomic E-state index is 0.582. The minimum atomic E-state index is -0.878. The molecule has 0 amide bonds. The van der Waals surface area contributed by atoms with Crippen LogP contribution in [0, 0.1) is 6.92 Å². The summed E-state index contributed by atoms with van der Waals surface area (Å²) in [6.07, 6.45) is 0. The molecule has 0 aliphatic rings. The summed E-state index contributed by atoms with van der Waals surface area (Å²) in [6, 6.07) is 19.4. The molecule has 1 aromatic heterocycles. The average molecular weight is 530 g/mol. The van der Waals surface area contributed by atoms with Gasteiger partial charge in [-0.05, 0) is 93.7 Å². The Morgan fingerprint density at radius 2 is 1.77 bits per heavy atom. The molecule has 1 atom stereocenters. The first-order valence-electron chi connectivity index (χ1n) is 9.32. The van der Waals surface area contributed by atoms with Gasteiger partial charge in [0, 0.05) is 10.9 Å². The SMILES string of the molecule is Cc1cccc(-c2cc3cc(Oc4c(Br)cc(C(C)C(=O)O)cc4Br)ccc3o2)c1. The smallest absolute Gasteiger partial charge is 0.310 e. The first-order chi connectivity index (χ1) is 14.3. The third kappa shape index (κ3) is 4.16. The predicted octanol–water partition coefficient (Wildman–Crippen LogP) is 7.91. The van der Waals surface area contributed by atoms with Gasteiger partial charge in [0.15, 0.2) is 5.75 Å². The van der Waals surface area contributed by atoms with Crippen molar-refractivity contribution in [1.82, 2.24) is 0 Å². The van der Waals surface area contributed by atoms with Gasteiger partial charge in [0.05, 0.1) is 14.9 Å². The largest absolute Gasteiger partial charge is 0.481 e. The summed E-state index contributed by atoms with van der Waals surface area (Å²) in [7, 11) is 0. The molecular weight excluding hydrogens is 512 g/mol. The lowest BCUT2D eigenvalue weighted by atomic mass is 10.0. The van der Waals surface area contributed by atoms with Crippen molar-refractivity contribution in [3.8, 4) is 22.8 Å². The zero-order valence-corrected chi connectivity index (χ0v) is 19.5. The van der Waals surface area contributed by atoms with Gasteiger partial charge in [0.2, 0.25) is 0 Å². The predicted molar refractivity (Wildman–Crippen MR) is 124 cm³/mol. The van der Waals surface area contributed by atoms with Crippen LogP contribution in [-0.2, 0) is 4.79 Å². The van der Waals surface area contributed by atoms with Gasteiger partial charge >= 0.3 is 5.97 Å². The second-order valence-corrected chi connectivity index (χ2v) is 8.86. The maximum Gasteiger partial charge on any atom is 0.310 e. The minimum Gasteiger partial charge on any atom is -0.481 e. The Kier molecular flexibility index (Phi) is 5.71. The van der Waals surface area contributed by atoms with E-state index in [2.05, 4.69) is 50.9 Å². The van der Waals surface area contributed by atoms with Gasteiger partial charge in [-0.3, -0.25) is 4.79 Å². The topological polar surface area (TPSA) is 59.7 Å². The number of aryl methyl sites for hydroxylation is 1. The molecule has 0 spiro atoms. The Morgan fingerprint density at radius 1 is 1.03 bits per heavy atom. The second-order valence-electron chi connectivity index (χ2n) is 7.16. The molecule has 4 rings (SSSR count). The van der Waals surface area contributed by atoms with Crippen LogP contribution in [0.2, 0.25) is 0 Å². The normalized spacial score (nSPS) is 12.1. The number of ether oxygens (including phenoxy) is 1. The van der Waals surface area contributed by atoms with Crippen molar-refractivity contribution in [3.05, 3.63) is 80.7 Å². The first-order valence-corrected chi connectivity index (χ1v) is 10.9. The van der Waals surface area contributed by atoms with Crippen LogP contribution in [0.5, 0.6) is 11.5 Å². The van der Waals surface area contributed by atoms with Crippen molar-refractivity contribution in [2.45, 2.75) is 19.8 Å². The molecule has 1 N–H and O–H groups in total. The molecule has 0 bridgehead atoms. The fourth-order valence-electron chi connectivity index (χ4n) is 3.21. The van der Waals surface area contributed by atoms with E-state index in [-0.39, 0.29) is 0 Å². The Balaban J connectivity index is 1.65. The van der Waals surface area contributed by atoms with Crippen LogP contribution in [0.25, 0.3) is 22.3 Å². The Hall–Kier alpha value is -2.57. The summed E-state index contributed by atoms with van der Waals surface area (Å²) in [5.74, 6) is 0.545. The van der Waals surface area contributed by atoms with E-state index >= 15 is 0 Å². The van der Waals surface area contributed by atoms with Crippen LogP contribution in [0.4, 0.5) is 0 Å². The Labute approximate surface area is 190 Å². The third-order valence-electron chi connectivity index (χ3n) is 4.90. The maximum atomic E-state index is 11.3. The zero-order chi connectivity index (χ0) is 21.4. The van der Waals surface area contributed by atoms with E-state index in [0.29, 0.717) is 26.0 Å². The number of hydrogen-bond donors (Lipinski definition) is 1. The Bertz CT molecular complexity index is 1240. The van der Waals surface area contributed by atoms with Gasteiger partial charge in [0.1, 0.15) is 17.1 Å². The molecule has 0 aliphatic carbocycles. The van der Waals surface area contributed by atoms with Crippen molar-refractivity contribution in [2.75, 3.05) is 0 Å². The molecule has 0 saturated carbocycles. The molecule has 4 aromatic rings. The number of benzene rings is 3. The summed E-state index contributed by atoms with van der Waals surface area (Å²) in [4.78, 5) is 11.3. The lowest BCUT2D eigenvalue weighted by Gasteiger charge is -2.14. The van der Waals surface area contributed by atoms with Crippen LogP contribution < -0.4 is 4.74 Å². The van der Waals surface area contributed by atoms with Crippen LogP contribution >= 0.6 is 31.9 Å². The van der Waals surface area contributed by atoms with Crippen molar-refractivity contribution in [1.29, 1.82) is 0 Å². The van der Waals surface area contributed by atoms with Gasteiger partial charge in [0.25, 0.3) is 0 Å². The van der Waals surface area contributed by atoms with Gasteiger partial charge < -0.3 is 14.3 Å². The van der Waals surface area contributed by atoms with Crippen LogP contribution in [0.15, 0.2) is 74.0 Å². The molecule has 152 valence electrons. The molecule has 30 heavy (non-hydrogen) atoms. The van der Waals surface area contributed by atoms with E-state index < -0.39 is 11.9 Å². The van der Waals surface area contributed by atoms with E-state index in [1.54, 1.807) is 19.1 Å². The summed E-state index contributed by atoms with van der Waals surface area (Å²) < 4.78 is 13.4. The number of furan rings is 1. The Morgan fingerprint density at radius 3 is 2.43 bits per heavy atom. The first kappa shape index (κ1) is 20.7. The van der Waals surface area contributed by atoms with Crippen molar-refractivity contribution in [2.24, 2.45) is 0 Å². The lowest BCUT2D eigenvalue weighted by Crippen LogP contribution is -2.07. The molecule has 0 fully saturated rings. The number of fused-ring (bicyclic) bond motifs is 1. The molecule has 0 saturated heterocycles. The van der Waals surface area contributed by atoms with Gasteiger partial charge in [-0.15, -0.1) is 0 Å². The van der Waals surface area contributed by atoms with Crippen LogP contribution in [0.1, 0.15) is 24.0 Å². The van der Waals surface area contributed by atoms with Crippen molar-refractivity contribution < 1.29 is 19.1 Å². The fourth-order valence-corrected chi connectivity index (χ4v) is 4.60. The summed E-state index contributed by atoms with van der Waals surface area (Å²) in [5.41, 5.74) is 3.67. The summed E-state index contributed by atoms with van der Waals surface area (Å²) in [6.45, 7) is 3.70. The van der Waals surface area contributed by atoms with Crippen molar-refractivity contribution in [3.63, 3.8) is 0 Å². The highest BCUT2D eigenvalue weighted by molar-refractivity contribution is 9.11. The molecule has 4 nitrogen and oxygen atoms in total. The number of carbonyl (C=O) groups is 1. The number of aliphatic carboxylic acids is 1. The molecule has 1 unspecified atom stereocenters. The monoisotopic (exact) mass is 528 g/mol. The molecule has 0 radical (unpaired) electrons. The molecule has 3 aromatic carbocycles. The van der Waals surface area contributed by atoms with Gasteiger partial charge in [-0.2, -0.15) is 0 Å². The molecular formula is C24H18Br2O4. The fraction of sp³-hybridized carbons (Fsp3) is 0.125. The van der Waals surface area contributed by atoms with Crippen LogP contribution in [-0.4, -0.2) is 11.1 Å². The molecule has 1 heterocycles. The van der Waals surface area contributed by atoms with Crippen LogP contribution in [0.3, 0.4) is 0 Å². The summed E-state index contributed by atoms with van der Waals surface area (Å²) in [5, 5.41) is 10.2. The number of hydrogen-bond acceptors (Lipinski definition) is 3.